The molecule has 1 aliphatic carbocycles. The number of phenolic OH excluding ortho intramolecular Hbond substituents is 1. The molecule has 0 heterocycles. The zero-order valence-corrected chi connectivity index (χ0v) is 11.5. The lowest BCUT2D eigenvalue weighted by molar-refractivity contribution is 0.333. The molecule has 1 aliphatic rings. The van der Waals surface area contributed by atoms with Crippen molar-refractivity contribution in [2.24, 2.45) is 5.92 Å². The lowest BCUT2D eigenvalue weighted by atomic mass is 9.87. The Kier molecular flexibility index (Phi) is 5.33. The molecule has 100 valence electrons. The largest absolute Gasteiger partial charge is 0.508 e. The fourth-order valence-corrected chi connectivity index (χ4v) is 2.90. The van der Waals surface area contributed by atoms with Crippen LogP contribution in [0.3, 0.4) is 0 Å². The van der Waals surface area contributed by atoms with Crippen molar-refractivity contribution in [1.82, 2.24) is 5.32 Å². The van der Waals surface area contributed by atoms with Gasteiger partial charge in [-0.05, 0) is 37.1 Å². The zero-order valence-electron chi connectivity index (χ0n) is 10.8. The SMILES string of the molecule is Oc1ccc(Cl)cc1CNCCC1CCCCC1. The van der Waals surface area contributed by atoms with E-state index in [9.17, 15) is 5.11 Å². The van der Waals surface area contributed by atoms with Gasteiger partial charge < -0.3 is 10.4 Å². The fraction of sp³-hybridized carbons (Fsp3) is 0.600. The van der Waals surface area contributed by atoms with E-state index in [1.165, 1.54) is 38.5 Å². The molecule has 1 aromatic carbocycles. The lowest BCUT2D eigenvalue weighted by Crippen LogP contribution is -2.19. The molecular formula is C15H22ClNO. The van der Waals surface area contributed by atoms with Gasteiger partial charge in [-0.25, -0.2) is 0 Å². The minimum Gasteiger partial charge on any atom is -0.508 e. The van der Waals surface area contributed by atoms with E-state index in [2.05, 4.69) is 5.32 Å². The summed E-state index contributed by atoms with van der Waals surface area (Å²) in [4.78, 5) is 0. The molecule has 1 saturated carbocycles. The molecule has 18 heavy (non-hydrogen) atoms. The van der Waals surface area contributed by atoms with Crippen molar-refractivity contribution in [2.45, 2.75) is 45.1 Å². The highest BCUT2D eigenvalue weighted by atomic mass is 35.5. The van der Waals surface area contributed by atoms with Crippen LogP contribution in [0.4, 0.5) is 0 Å². The second kappa shape index (κ2) is 7.01. The van der Waals surface area contributed by atoms with E-state index in [1.807, 2.05) is 6.07 Å². The molecule has 1 fully saturated rings. The Hall–Kier alpha value is -0.730. The second-order valence-corrected chi connectivity index (χ2v) is 5.68. The first-order chi connectivity index (χ1) is 8.75. The summed E-state index contributed by atoms with van der Waals surface area (Å²) in [7, 11) is 0. The standard InChI is InChI=1S/C15H22ClNO/c16-14-6-7-15(18)13(10-14)11-17-9-8-12-4-2-1-3-5-12/h6-7,10,12,17-18H,1-5,8-9,11H2. The predicted octanol–water partition coefficient (Wildman–Crippen LogP) is 4.11. The molecule has 0 atom stereocenters. The van der Waals surface area contributed by atoms with E-state index < -0.39 is 0 Å². The number of hydrogen-bond acceptors (Lipinski definition) is 2. The van der Waals surface area contributed by atoms with Gasteiger partial charge in [-0.15, -0.1) is 0 Å². The average Bonchev–Trinajstić information content (AvgIpc) is 2.40. The predicted molar refractivity (Wildman–Crippen MR) is 76.0 cm³/mol. The van der Waals surface area contributed by atoms with E-state index in [0.29, 0.717) is 17.3 Å². The Morgan fingerprint density at radius 3 is 2.78 bits per heavy atom. The molecule has 2 nitrogen and oxygen atoms in total. The minimum absolute atomic E-state index is 0.324. The van der Waals surface area contributed by atoms with Crippen LogP contribution in [0.5, 0.6) is 5.75 Å². The van der Waals surface area contributed by atoms with Crippen molar-refractivity contribution in [3.8, 4) is 5.75 Å². The summed E-state index contributed by atoms with van der Waals surface area (Å²) < 4.78 is 0. The topological polar surface area (TPSA) is 32.3 Å². The Bertz CT molecular complexity index is 375. The van der Waals surface area contributed by atoms with Crippen molar-refractivity contribution in [1.29, 1.82) is 0 Å². The average molecular weight is 268 g/mol. The summed E-state index contributed by atoms with van der Waals surface area (Å²) in [5, 5.41) is 13.8. The molecule has 0 radical (unpaired) electrons. The van der Waals surface area contributed by atoms with Crippen LogP contribution in [0.1, 0.15) is 44.1 Å². The van der Waals surface area contributed by atoms with Gasteiger partial charge in [0.15, 0.2) is 0 Å². The van der Waals surface area contributed by atoms with Gasteiger partial charge in [0.05, 0.1) is 0 Å². The maximum Gasteiger partial charge on any atom is 0.120 e. The molecule has 0 aliphatic heterocycles. The summed E-state index contributed by atoms with van der Waals surface area (Å²) in [6.07, 6.45) is 8.26. The molecule has 2 N–H and O–H groups in total. The molecule has 0 amide bonds. The normalized spacial score (nSPS) is 16.9. The lowest BCUT2D eigenvalue weighted by Gasteiger charge is -2.21. The van der Waals surface area contributed by atoms with Crippen molar-refractivity contribution in [3.63, 3.8) is 0 Å². The van der Waals surface area contributed by atoms with Crippen LogP contribution >= 0.6 is 11.6 Å². The van der Waals surface area contributed by atoms with Gasteiger partial charge in [0.2, 0.25) is 0 Å². The van der Waals surface area contributed by atoms with E-state index >= 15 is 0 Å². The van der Waals surface area contributed by atoms with Crippen LogP contribution in [0, 0.1) is 5.92 Å². The van der Waals surface area contributed by atoms with Gasteiger partial charge in [-0.1, -0.05) is 43.7 Å². The van der Waals surface area contributed by atoms with Crippen molar-refractivity contribution in [2.75, 3.05) is 6.54 Å². The molecule has 0 spiro atoms. The number of nitrogens with one attached hydrogen (secondary N) is 1. The highest BCUT2D eigenvalue weighted by molar-refractivity contribution is 6.30. The first kappa shape index (κ1) is 13.7. The Morgan fingerprint density at radius 2 is 2.00 bits per heavy atom. The van der Waals surface area contributed by atoms with E-state index in [-0.39, 0.29) is 0 Å². The quantitative estimate of drug-likeness (QED) is 0.787. The number of hydrogen-bond donors (Lipinski definition) is 2. The minimum atomic E-state index is 0.324. The Balaban J connectivity index is 1.69. The van der Waals surface area contributed by atoms with Crippen molar-refractivity contribution >= 4 is 11.6 Å². The fourth-order valence-electron chi connectivity index (χ4n) is 2.70. The van der Waals surface area contributed by atoms with E-state index in [1.54, 1.807) is 12.1 Å². The molecular weight excluding hydrogens is 246 g/mol. The molecule has 3 heteroatoms. The monoisotopic (exact) mass is 267 g/mol. The van der Waals surface area contributed by atoms with Gasteiger partial charge >= 0.3 is 0 Å². The van der Waals surface area contributed by atoms with Crippen LogP contribution in [-0.2, 0) is 6.54 Å². The summed E-state index contributed by atoms with van der Waals surface area (Å²) in [5.41, 5.74) is 0.881. The number of rotatable bonds is 5. The summed E-state index contributed by atoms with van der Waals surface area (Å²) in [6.45, 7) is 1.72. The summed E-state index contributed by atoms with van der Waals surface area (Å²) >= 11 is 5.91. The van der Waals surface area contributed by atoms with Gasteiger partial charge in [-0.3, -0.25) is 0 Å². The molecule has 0 bridgehead atoms. The number of halogens is 1. The summed E-state index contributed by atoms with van der Waals surface area (Å²) in [6, 6.07) is 5.19. The highest BCUT2D eigenvalue weighted by Crippen LogP contribution is 2.26. The molecule has 0 saturated heterocycles. The third-order valence-electron chi connectivity index (χ3n) is 3.81. The van der Waals surface area contributed by atoms with E-state index in [0.717, 1.165) is 18.0 Å². The first-order valence-electron chi connectivity index (χ1n) is 6.94. The molecule has 2 rings (SSSR count). The number of phenols is 1. The number of benzene rings is 1. The smallest absolute Gasteiger partial charge is 0.120 e. The van der Waals surface area contributed by atoms with Crippen LogP contribution < -0.4 is 5.32 Å². The Labute approximate surface area is 114 Å². The summed E-state index contributed by atoms with van der Waals surface area (Å²) in [5.74, 6) is 1.23. The third-order valence-corrected chi connectivity index (χ3v) is 4.05. The van der Waals surface area contributed by atoms with Gasteiger partial charge in [0.1, 0.15) is 5.75 Å². The van der Waals surface area contributed by atoms with Crippen LogP contribution in [0.25, 0.3) is 0 Å². The highest BCUT2D eigenvalue weighted by Gasteiger charge is 2.12. The molecule has 0 aromatic heterocycles. The van der Waals surface area contributed by atoms with Crippen LogP contribution in [0.2, 0.25) is 5.02 Å². The first-order valence-corrected chi connectivity index (χ1v) is 7.31. The second-order valence-electron chi connectivity index (χ2n) is 5.24. The Morgan fingerprint density at radius 1 is 1.22 bits per heavy atom. The van der Waals surface area contributed by atoms with Crippen LogP contribution in [0.15, 0.2) is 18.2 Å². The van der Waals surface area contributed by atoms with Gasteiger partial charge in [-0.2, -0.15) is 0 Å². The van der Waals surface area contributed by atoms with Crippen LogP contribution in [-0.4, -0.2) is 11.7 Å². The molecule has 1 aromatic rings. The van der Waals surface area contributed by atoms with Crippen molar-refractivity contribution < 1.29 is 5.11 Å². The van der Waals surface area contributed by atoms with Gasteiger partial charge in [0, 0.05) is 17.1 Å². The van der Waals surface area contributed by atoms with Gasteiger partial charge in [0.25, 0.3) is 0 Å². The zero-order chi connectivity index (χ0) is 12.8. The van der Waals surface area contributed by atoms with E-state index in [4.69, 9.17) is 11.6 Å². The maximum atomic E-state index is 9.68. The number of aromatic hydroxyl groups is 1. The maximum absolute atomic E-state index is 9.68. The molecule has 0 unspecified atom stereocenters. The van der Waals surface area contributed by atoms with Crippen molar-refractivity contribution in [3.05, 3.63) is 28.8 Å². The third kappa shape index (κ3) is 4.18.